The average molecular weight is 511 g/mol. The number of aryl methyl sites for hydroxylation is 1. The highest BCUT2D eigenvalue weighted by Crippen LogP contribution is 2.34. The number of esters is 1. The van der Waals surface area contributed by atoms with Crippen LogP contribution in [0.4, 0.5) is 5.00 Å². The molecule has 1 N–H and O–H groups in total. The minimum absolute atomic E-state index is 0.0399. The summed E-state index contributed by atoms with van der Waals surface area (Å²) in [6, 6.07) is 13.2. The molecule has 0 aliphatic rings. The summed E-state index contributed by atoms with van der Waals surface area (Å²) in [6.45, 7) is 5.35. The van der Waals surface area contributed by atoms with Gasteiger partial charge >= 0.3 is 5.97 Å². The van der Waals surface area contributed by atoms with Crippen LogP contribution in [0.3, 0.4) is 0 Å². The predicted octanol–water partition coefficient (Wildman–Crippen LogP) is 5.73. The molecule has 3 rings (SSSR count). The van der Waals surface area contributed by atoms with Gasteiger partial charge in [0.25, 0.3) is 0 Å². The van der Waals surface area contributed by atoms with E-state index in [1.165, 1.54) is 0 Å². The van der Waals surface area contributed by atoms with Gasteiger partial charge < -0.3 is 10.1 Å². The Hall–Kier alpha value is -3.37. The van der Waals surface area contributed by atoms with Crippen LogP contribution in [-0.2, 0) is 9.53 Å². The van der Waals surface area contributed by atoms with Crippen LogP contribution in [-0.4, -0.2) is 29.2 Å². The number of benzene rings is 1. The van der Waals surface area contributed by atoms with Crippen LogP contribution in [0, 0.1) is 36.5 Å². The van der Waals surface area contributed by atoms with E-state index in [0.29, 0.717) is 32.4 Å². The van der Waals surface area contributed by atoms with Crippen molar-refractivity contribution in [3.05, 3.63) is 62.6 Å². The summed E-state index contributed by atoms with van der Waals surface area (Å²) in [5.74, 6) is -0.964. The van der Waals surface area contributed by atoms with E-state index in [1.54, 1.807) is 26.0 Å². The lowest BCUT2D eigenvalue weighted by Crippen LogP contribution is -2.14. The molecular formula is C24H19ClN4O3S2. The van der Waals surface area contributed by atoms with E-state index in [-0.39, 0.29) is 27.8 Å². The summed E-state index contributed by atoms with van der Waals surface area (Å²) in [5, 5.41) is 23.3. The van der Waals surface area contributed by atoms with Crippen molar-refractivity contribution in [3.63, 3.8) is 0 Å². The van der Waals surface area contributed by atoms with Crippen molar-refractivity contribution in [2.75, 3.05) is 17.7 Å². The molecular weight excluding hydrogens is 492 g/mol. The van der Waals surface area contributed by atoms with Gasteiger partial charge in [-0.25, -0.2) is 9.78 Å². The van der Waals surface area contributed by atoms with Crippen molar-refractivity contribution in [2.45, 2.75) is 25.8 Å². The summed E-state index contributed by atoms with van der Waals surface area (Å²) in [4.78, 5) is 29.5. The van der Waals surface area contributed by atoms with Crippen molar-refractivity contribution < 1.29 is 14.3 Å². The number of carbonyl (C=O) groups is 2. The fraction of sp³-hybridized carbons (Fsp3) is 0.208. The van der Waals surface area contributed by atoms with Crippen molar-refractivity contribution >= 4 is 51.6 Å². The van der Waals surface area contributed by atoms with Gasteiger partial charge in [-0.1, -0.05) is 35.5 Å². The first-order valence-electron chi connectivity index (χ1n) is 10.1. The number of thiophene rings is 1. The number of ether oxygens (including phenoxy) is 1. The Bertz CT molecular complexity index is 1340. The monoisotopic (exact) mass is 510 g/mol. The third kappa shape index (κ3) is 5.57. The summed E-state index contributed by atoms with van der Waals surface area (Å²) in [6.07, 6.45) is 0. The Balaban J connectivity index is 1.81. The maximum atomic E-state index is 12.7. The molecule has 0 saturated carbocycles. The lowest BCUT2D eigenvalue weighted by Gasteiger charge is -2.11. The minimum Gasteiger partial charge on any atom is -0.462 e. The number of anilines is 1. The molecule has 7 nitrogen and oxygen atoms in total. The number of hydrogen-bond acceptors (Lipinski definition) is 8. The normalized spacial score (nSPS) is 10.3. The summed E-state index contributed by atoms with van der Waals surface area (Å²) in [5.41, 5.74) is 3.27. The number of nitriles is 2. The maximum Gasteiger partial charge on any atom is 0.348 e. The number of pyridine rings is 1. The number of rotatable bonds is 7. The molecule has 1 aromatic carbocycles. The molecule has 0 unspecified atom stereocenters. The fourth-order valence-corrected chi connectivity index (χ4v) is 5.18. The Morgan fingerprint density at radius 1 is 1.18 bits per heavy atom. The first kappa shape index (κ1) is 25.3. The van der Waals surface area contributed by atoms with Gasteiger partial charge in [-0.3, -0.25) is 4.79 Å². The quantitative estimate of drug-likeness (QED) is 0.318. The molecule has 2 aromatic heterocycles. The van der Waals surface area contributed by atoms with E-state index in [9.17, 15) is 20.1 Å². The van der Waals surface area contributed by atoms with Crippen LogP contribution in [0.5, 0.6) is 0 Å². The smallest absolute Gasteiger partial charge is 0.348 e. The SMILES string of the molecule is CCOC(=O)c1sc(NC(=O)CSc2nc(C)cc(-c3ccc(Cl)cc3)c2C#N)c(C#N)c1C. The van der Waals surface area contributed by atoms with E-state index in [2.05, 4.69) is 16.4 Å². The number of carbonyl (C=O) groups excluding carboxylic acids is 2. The molecule has 0 aliphatic heterocycles. The zero-order valence-corrected chi connectivity index (χ0v) is 21.0. The van der Waals surface area contributed by atoms with E-state index in [1.807, 2.05) is 31.2 Å². The second-order valence-electron chi connectivity index (χ2n) is 7.04. The topological polar surface area (TPSA) is 116 Å². The van der Waals surface area contributed by atoms with Crippen LogP contribution in [0.25, 0.3) is 11.1 Å². The van der Waals surface area contributed by atoms with E-state index in [4.69, 9.17) is 16.3 Å². The average Bonchev–Trinajstić information content (AvgIpc) is 3.12. The Labute approximate surface area is 210 Å². The third-order valence-corrected chi connectivity index (χ3v) is 7.11. The van der Waals surface area contributed by atoms with Crippen molar-refractivity contribution in [1.29, 1.82) is 10.5 Å². The number of amides is 1. The van der Waals surface area contributed by atoms with Crippen molar-refractivity contribution in [2.24, 2.45) is 0 Å². The third-order valence-electron chi connectivity index (χ3n) is 4.69. The zero-order chi connectivity index (χ0) is 24.8. The summed E-state index contributed by atoms with van der Waals surface area (Å²) in [7, 11) is 0. The number of nitrogens with zero attached hydrogens (tertiary/aromatic N) is 3. The second-order valence-corrected chi connectivity index (χ2v) is 9.46. The summed E-state index contributed by atoms with van der Waals surface area (Å²) >= 11 is 8.11. The van der Waals surface area contributed by atoms with Crippen LogP contribution in [0.1, 0.15) is 39.0 Å². The molecule has 3 aromatic rings. The Morgan fingerprint density at radius 3 is 2.47 bits per heavy atom. The maximum absolute atomic E-state index is 12.7. The van der Waals surface area contributed by atoms with Gasteiger partial charge in [-0.15, -0.1) is 11.3 Å². The van der Waals surface area contributed by atoms with Gasteiger partial charge in [0.1, 0.15) is 27.0 Å². The lowest BCUT2D eigenvalue weighted by molar-refractivity contribution is -0.113. The predicted molar refractivity (Wildman–Crippen MR) is 133 cm³/mol. The molecule has 0 atom stereocenters. The van der Waals surface area contributed by atoms with Crippen molar-refractivity contribution in [3.8, 4) is 23.3 Å². The van der Waals surface area contributed by atoms with Crippen molar-refractivity contribution in [1.82, 2.24) is 4.98 Å². The molecule has 0 saturated heterocycles. The molecule has 0 fully saturated rings. The van der Waals surface area contributed by atoms with Gasteiger partial charge in [0, 0.05) is 16.3 Å². The Kier molecular flexibility index (Phi) is 8.30. The number of aromatic nitrogens is 1. The number of hydrogen-bond donors (Lipinski definition) is 1. The number of nitrogens with one attached hydrogen (secondary N) is 1. The van der Waals surface area contributed by atoms with Gasteiger partial charge in [-0.05, 0) is 50.1 Å². The molecule has 0 aliphatic carbocycles. The summed E-state index contributed by atoms with van der Waals surface area (Å²) < 4.78 is 5.02. The van der Waals surface area contributed by atoms with Crippen LogP contribution >= 0.6 is 34.7 Å². The molecule has 1 amide bonds. The number of thioether (sulfide) groups is 1. The minimum atomic E-state index is -0.534. The zero-order valence-electron chi connectivity index (χ0n) is 18.6. The highest BCUT2D eigenvalue weighted by atomic mass is 35.5. The van der Waals surface area contributed by atoms with Gasteiger partial charge in [0.2, 0.25) is 5.91 Å². The van der Waals surface area contributed by atoms with Gasteiger partial charge in [-0.2, -0.15) is 10.5 Å². The van der Waals surface area contributed by atoms with Crippen LogP contribution in [0.15, 0.2) is 35.4 Å². The number of halogens is 1. The van der Waals surface area contributed by atoms with Gasteiger partial charge in [0.05, 0.1) is 23.5 Å². The lowest BCUT2D eigenvalue weighted by atomic mass is 10.0. The second kappa shape index (κ2) is 11.2. The largest absolute Gasteiger partial charge is 0.462 e. The molecule has 172 valence electrons. The molecule has 0 radical (unpaired) electrons. The van der Waals surface area contributed by atoms with Crippen LogP contribution < -0.4 is 5.32 Å². The molecule has 10 heteroatoms. The first-order valence-corrected chi connectivity index (χ1v) is 12.3. The Morgan fingerprint density at radius 2 is 1.85 bits per heavy atom. The standard InChI is InChI=1S/C24H19ClN4O3S2/c1-4-32-24(31)21-14(3)18(10-26)23(34-21)29-20(30)12-33-22-19(11-27)17(9-13(2)28-22)15-5-7-16(25)8-6-15/h5-9H,4,12H2,1-3H3,(H,29,30). The van der Waals surface area contributed by atoms with E-state index >= 15 is 0 Å². The van der Waals surface area contributed by atoms with E-state index < -0.39 is 11.9 Å². The van der Waals surface area contributed by atoms with Gasteiger partial charge in [0.15, 0.2) is 0 Å². The molecule has 2 heterocycles. The van der Waals surface area contributed by atoms with Crippen LogP contribution in [0.2, 0.25) is 5.02 Å². The first-order chi connectivity index (χ1) is 16.3. The molecule has 34 heavy (non-hydrogen) atoms. The highest BCUT2D eigenvalue weighted by molar-refractivity contribution is 8.00. The molecule has 0 bridgehead atoms. The fourth-order valence-electron chi connectivity index (χ4n) is 3.14. The molecule has 0 spiro atoms. The highest BCUT2D eigenvalue weighted by Gasteiger charge is 2.22. The van der Waals surface area contributed by atoms with E-state index in [0.717, 1.165) is 28.7 Å².